The van der Waals surface area contributed by atoms with Crippen molar-refractivity contribution >= 4 is 11.9 Å². The molecule has 0 aromatic heterocycles. The van der Waals surface area contributed by atoms with E-state index in [0.29, 0.717) is 17.0 Å². The Morgan fingerprint density at radius 1 is 1.33 bits per heavy atom. The number of hydrogen-bond donors (Lipinski definition) is 2. The molecule has 0 aliphatic carbocycles. The van der Waals surface area contributed by atoms with E-state index < -0.39 is 17.9 Å². The van der Waals surface area contributed by atoms with Crippen LogP contribution >= 0.6 is 0 Å². The van der Waals surface area contributed by atoms with Gasteiger partial charge < -0.3 is 15.2 Å². The van der Waals surface area contributed by atoms with Crippen molar-refractivity contribution in [2.24, 2.45) is 11.8 Å². The summed E-state index contributed by atoms with van der Waals surface area (Å²) in [7, 11) is 0. The zero-order chi connectivity index (χ0) is 16.2. The first-order valence-electron chi connectivity index (χ1n) is 6.77. The largest absolute Gasteiger partial charge is 0.478 e. The zero-order valence-corrected chi connectivity index (χ0v) is 12.7. The van der Waals surface area contributed by atoms with Gasteiger partial charge in [0.25, 0.3) is 0 Å². The highest BCUT2D eigenvalue weighted by molar-refractivity contribution is 5.97. The summed E-state index contributed by atoms with van der Waals surface area (Å²) >= 11 is 0. The van der Waals surface area contributed by atoms with Crippen molar-refractivity contribution in [3.05, 3.63) is 22.5 Å². The summed E-state index contributed by atoms with van der Waals surface area (Å²) < 4.78 is 5.06. The second-order valence-corrected chi connectivity index (χ2v) is 5.27. The van der Waals surface area contributed by atoms with E-state index in [2.05, 4.69) is 5.32 Å². The van der Waals surface area contributed by atoms with Crippen LogP contribution in [0, 0.1) is 23.2 Å². The predicted octanol–water partition coefficient (Wildman–Crippen LogP) is 1.95. The van der Waals surface area contributed by atoms with E-state index in [4.69, 9.17) is 10.00 Å². The predicted molar refractivity (Wildman–Crippen MR) is 75.7 cm³/mol. The van der Waals surface area contributed by atoms with Crippen molar-refractivity contribution in [3.8, 4) is 6.07 Å². The molecule has 1 rings (SSSR count). The van der Waals surface area contributed by atoms with Gasteiger partial charge in [-0.15, -0.1) is 0 Å². The lowest BCUT2D eigenvalue weighted by atomic mass is 9.78. The Bertz CT molecular complexity index is 553. The molecule has 6 nitrogen and oxygen atoms in total. The molecule has 6 heteroatoms. The molecule has 0 fully saturated rings. The van der Waals surface area contributed by atoms with Crippen LogP contribution < -0.4 is 5.32 Å². The number of ether oxygens (including phenoxy) is 1. The molecular weight excluding hydrogens is 272 g/mol. The zero-order valence-electron chi connectivity index (χ0n) is 12.7. The van der Waals surface area contributed by atoms with Gasteiger partial charge in [0.05, 0.1) is 23.6 Å². The van der Waals surface area contributed by atoms with Gasteiger partial charge in [-0.3, -0.25) is 0 Å². The number of carboxylic acids is 1. The van der Waals surface area contributed by atoms with E-state index in [9.17, 15) is 14.7 Å². The molecule has 2 N–H and O–H groups in total. The summed E-state index contributed by atoms with van der Waals surface area (Å²) in [6, 6.07) is 1.89. The Kier molecular flexibility index (Phi) is 5.53. The Balaban J connectivity index is 3.16. The minimum absolute atomic E-state index is 0.00201. The second kappa shape index (κ2) is 6.93. The summed E-state index contributed by atoms with van der Waals surface area (Å²) in [5.74, 6) is -2.21. The van der Waals surface area contributed by atoms with Crippen LogP contribution in [0.2, 0.25) is 0 Å². The fraction of sp³-hybridized carbons (Fsp3) is 0.533. The number of hydrogen-bond acceptors (Lipinski definition) is 5. The lowest BCUT2D eigenvalue weighted by molar-refractivity contribution is -0.139. The van der Waals surface area contributed by atoms with Gasteiger partial charge >= 0.3 is 11.9 Å². The molecule has 114 valence electrons. The molecule has 0 amide bonds. The number of nitriles is 1. The van der Waals surface area contributed by atoms with Crippen LogP contribution in [-0.2, 0) is 14.3 Å². The number of rotatable bonds is 5. The average Bonchev–Trinajstić information content (AvgIpc) is 2.37. The van der Waals surface area contributed by atoms with Gasteiger partial charge in [-0.05, 0) is 19.8 Å². The smallest absolute Gasteiger partial charge is 0.336 e. The van der Waals surface area contributed by atoms with Crippen LogP contribution in [0.15, 0.2) is 22.5 Å². The fourth-order valence-electron chi connectivity index (χ4n) is 2.53. The van der Waals surface area contributed by atoms with E-state index in [1.807, 2.05) is 19.9 Å². The van der Waals surface area contributed by atoms with Crippen molar-refractivity contribution in [2.45, 2.75) is 34.1 Å². The molecule has 0 spiro atoms. The third-order valence-electron chi connectivity index (χ3n) is 3.37. The van der Waals surface area contributed by atoms with Gasteiger partial charge in [0, 0.05) is 17.3 Å². The summed E-state index contributed by atoms with van der Waals surface area (Å²) in [5, 5.41) is 20.8. The van der Waals surface area contributed by atoms with Crippen molar-refractivity contribution in [1.29, 1.82) is 5.26 Å². The standard InChI is InChI=1S/C15H20N2O4/c1-8(2)11-12(14(18)19)9(3)17-10(4)13(11)15(20)21-7-5-6-16/h8,11,17H,5,7H2,1-4H3,(H,18,19). The van der Waals surface area contributed by atoms with Gasteiger partial charge in [-0.25, -0.2) is 9.59 Å². The van der Waals surface area contributed by atoms with E-state index >= 15 is 0 Å². The monoisotopic (exact) mass is 292 g/mol. The number of dihydropyridines is 1. The molecule has 1 atom stereocenters. The van der Waals surface area contributed by atoms with Crippen molar-refractivity contribution in [2.75, 3.05) is 6.61 Å². The molecule has 1 aliphatic heterocycles. The highest BCUT2D eigenvalue weighted by Gasteiger charge is 2.37. The Hall–Kier alpha value is -2.29. The number of carbonyl (C=O) groups excluding carboxylic acids is 1. The highest BCUT2D eigenvalue weighted by atomic mass is 16.5. The highest BCUT2D eigenvalue weighted by Crippen LogP contribution is 2.35. The maximum atomic E-state index is 12.2. The fourth-order valence-corrected chi connectivity index (χ4v) is 2.53. The molecule has 0 bridgehead atoms. The van der Waals surface area contributed by atoms with E-state index in [0.717, 1.165) is 0 Å². The number of carboxylic acid groups (broad SMARTS) is 1. The molecule has 0 aromatic rings. The number of allylic oxidation sites excluding steroid dienone is 2. The van der Waals surface area contributed by atoms with E-state index in [1.165, 1.54) is 0 Å². The number of nitrogens with one attached hydrogen (secondary N) is 1. The lowest BCUT2D eigenvalue weighted by Crippen LogP contribution is -2.35. The maximum Gasteiger partial charge on any atom is 0.336 e. The summed E-state index contributed by atoms with van der Waals surface area (Å²) in [5.41, 5.74) is 1.64. The molecule has 0 saturated heterocycles. The molecule has 21 heavy (non-hydrogen) atoms. The van der Waals surface area contributed by atoms with Crippen LogP contribution in [0.25, 0.3) is 0 Å². The number of nitrogens with zero attached hydrogens (tertiary/aromatic N) is 1. The lowest BCUT2D eigenvalue weighted by Gasteiger charge is -2.31. The minimum atomic E-state index is -1.05. The van der Waals surface area contributed by atoms with Crippen molar-refractivity contribution < 1.29 is 19.4 Å². The van der Waals surface area contributed by atoms with Crippen LogP contribution in [0.4, 0.5) is 0 Å². The van der Waals surface area contributed by atoms with Crippen molar-refractivity contribution in [1.82, 2.24) is 5.32 Å². The SMILES string of the molecule is CC1=C(C(=O)O)C(C(C)C)C(C(=O)OCCC#N)=C(C)N1. The quantitative estimate of drug-likeness (QED) is 0.593. The first-order valence-corrected chi connectivity index (χ1v) is 6.77. The third kappa shape index (κ3) is 3.63. The second-order valence-electron chi connectivity index (χ2n) is 5.27. The molecule has 0 saturated carbocycles. The van der Waals surface area contributed by atoms with Crippen molar-refractivity contribution in [3.63, 3.8) is 0 Å². The van der Waals surface area contributed by atoms with Crippen LogP contribution in [0.3, 0.4) is 0 Å². The topological polar surface area (TPSA) is 99.4 Å². The first kappa shape index (κ1) is 16.8. The summed E-state index contributed by atoms with van der Waals surface area (Å²) in [4.78, 5) is 23.7. The van der Waals surface area contributed by atoms with Crippen LogP contribution in [0.5, 0.6) is 0 Å². The van der Waals surface area contributed by atoms with Gasteiger partial charge in [0.2, 0.25) is 0 Å². The molecule has 0 radical (unpaired) electrons. The molecule has 1 heterocycles. The van der Waals surface area contributed by atoms with Crippen LogP contribution in [0.1, 0.15) is 34.1 Å². The van der Waals surface area contributed by atoms with Crippen LogP contribution in [-0.4, -0.2) is 23.7 Å². The van der Waals surface area contributed by atoms with Gasteiger partial charge in [0.15, 0.2) is 0 Å². The Morgan fingerprint density at radius 2 is 1.90 bits per heavy atom. The van der Waals surface area contributed by atoms with Gasteiger partial charge in [-0.2, -0.15) is 5.26 Å². The molecule has 1 unspecified atom stereocenters. The van der Waals surface area contributed by atoms with E-state index in [-0.39, 0.29) is 24.5 Å². The third-order valence-corrected chi connectivity index (χ3v) is 3.37. The number of aliphatic carboxylic acids is 1. The Labute approximate surface area is 124 Å². The first-order chi connectivity index (χ1) is 9.81. The van der Waals surface area contributed by atoms with Gasteiger partial charge in [-0.1, -0.05) is 13.8 Å². The summed E-state index contributed by atoms with van der Waals surface area (Å²) in [6.45, 7) is 7.13. The normalized spacial score (nSPS) is 18.4. The average molecular weight is 292 g/mol. The maximum absolute atomic E-state index is 12.2. The molecule has 1 aliphatic rings. The molecular formula is C15H20N2O4. The minimum Gasteiger partial charge on any atom is -0.478 e. The summed E-state index contributed by atoms with van der Waals surface area (Å²) in [6.07, 6.45) is 0.110. The number of esters is 1. The Morgan fingerprint density at radius 3 is 2.38 bits per heavy atom. The molecule has 0 aromatic carbocycles. The number of carbonyl (C=O) groups is 2. The van der Waals surface area contributed by atoms with Gasteiger partial charge in [0.1, 0.15) is 6.61 Å². The van der Waals surface area contributed by atoms with E-state index in [1.54, 1.807) is 13.8 Å².